The van der Waals surface area contributed by atoms with Crippen molar-refractivity contribution in [3.63, 3.8) is 0 Å². The molecule has 2 aromatic carbocycles. The van der Waals surface area contributed by atoms with E-state index in [-0.39, 0.29) is 49.3 Å². The number of carbonyl (C=O) groups excluding carboxylic acids is 2. The Kier molecular flexibility index (Phi) is 7.50. The molecule has 2 aromatic rings. The molecule has 0 saturated heterocycles. The van der Waals surface area contributed by atoms with Gasteiger partial charge in [0.2, 0.25) is 5.91 Å². The molecular weight excluding hydrogens is 432 g/mol. The van der Waals surface area contributed by atoms with Gasteiger partial charge in [0.15, 0.2) is 0 Å². The predicted octanol–water partition coefficient (Wildman–Crippen LogP) is 4.45. The number of alkyl carbamates (subject to hydrolysis) is 1. The molecule has 2 aliphatic carbocycles. The largest absolute Gasteiger partial charge is 0.481 e. The van der Waals surface area contributed by atoms with Crippen LogP contribution in [-0.2, 0) is 14.3 Å². The van der Waals surface area contributed by atoms with Gasteiger partial charge in [-0.25, -0.2) is 4.79 Å². The molecule has 3 atom stereocenters. The Morgan fingerprint density at radius 3 is 2.29 bits per heavy atom. The smallest absolute Gasteiger partial charge is 0.407 e. The van der Waals surface area contributed by atoms with Crippen LogP contribution in [0.4, 0.5) is 4.79 Å². The van der Waals surface area contributed by atoms with Crippen LogP contribution in [0, 0.1) is 5.92 Å². The molecule has 7 heteroatoms. The van der Waals surface area contributed by atoms with Gasteiger partial charge in [0.1, 0.15) is 6.61 Å². The normalized spacial score (nSPS) is 19.7. The van der Waals surface area contributed by atoms with Crippen LogP contribution < -0.4 is 10.6 Å². The molecule has 4 rings (SSSR count). The van der Waals surface area contributed by atoms with Gasteiger partial charge in [0.25, 0.3) is 0 Å². The molecule has 34 heavy (non-hydrogen) atoms. The summed E-state index contributed by atoms with van der Waals surface area (Å²) in [6, 6.07) is 15.9. The summed E-state index contributed by atoms with van der Waals surface area (Å²) in [6.07, 6.45) is 2.85. The van der Waals surface area contributed by atoms with E-state index in [1.807, 2.05) is 31.2 Å². The summed E-state index contributed by atoms with van der Waals surface area (Å²) in [5.41, 5.74) is 4.70. The first-order valence-corrected chi connectivity index (χ1v) is 12.1. The minimum Gasteiger partial charge on any atom is -0.481 e. The summed E-state index contributed by atoms with van der Waals surface area (Å²) >= 11 is 0. The van der Waals surface area contributed by atoms with Gasteiger partial charge in [-0.1, -0.05) is 61.9 Å². The molecule has 0 aromatic heterocycles. The van der Waals surface area contributed by atoms with E-state index in [0.29, 0.717) is 6.42 Å². The van der Waals surface area contributed by atoms with Crippen molar-refractivity contribution in [2.45, 2.75) is 63.5 Å². The molecule has 0 aliphatic heterocycles. The maximum Gasteiger partial charge on any atom is 0.407 e. The van der Waals surface area contributed by atoms with Crippen molar-refractivity contribution in [3.05, 3.63) is 59.7 Å². The fourth-order valence-electron chi connectivity index (χ4n) is 5.30. The van der Waals surface area contributed by atoms with E-state index >= 15 is 0 Å². The van der Waals surface area contributed by atoms with Crippen molar-refractivity contribution in [3.8, 4) is 11.1 Å². The highest BCUT2D eigenvalue weighted by molar-refractivity contribution is 5.79. The van der Waals surface area contributed by atoms with Crippen molar-refractivity contribution >= 4 is 18.0 Å². The minimum absolute atomic E-state index is 0.00325. The maximum absolute atomic E-state index is 12.7. The molecule has 2 unspecified atom stereocenters. The van der Waals surface area contributed by atoms with Crippen LogP contribution in [0.25, 0.3) is 11.1 Å². The van der Waals surface area contributed by atoms with Crippen molar-refractivity contribution in [2.24, 2.45) is 5.92 Å². The zero-order valence-corrected chi connectivity index (χ0v) is 19.5. The highest BCUT2D eigenvalue weighted by Crippen LogP contribution is 2.44. The number of hydrogen-bond acceptors (Lipinski definition) is 4. The van der Waals surface area contributed by atoms with Crippen molar-refractivity contribution in [1.82, 2.24) is 10.6 Å². The van der Waals surface area contributed by atoms with Gasteiger partial charge in [-0.2, -0.15) is 0 Å². The monoisotopic (exact) mass is 464 g/mol. The lowest BCUT2D eigenvalue weighted by atomic mass is 9.98. The summed E-state index contributed by atoms with van der Waals surface area (Å²) in [5.74, 6) is -1.08. The van der Waals surface area contributed by atoms with Crippen LogP contribution in [0.3, 0.4) is 0 Å². The third kappa shape index (κ3) is 5.41. The van der Waals surface area contributed by atoms with Gasteiger partial charge < -0.3 is 20.5 Å². The molecule has 180 valence electrons. The molecule has 2 aliphatic rings. The molecule has 0 heterocycles. The second-order valence-electron chi connectivity index (χ2n) is 9.24. The predicted molar refractivity (Wildman–Crippen MR) is 128 cm³/mol. The minimum atomic E-state index is -0.928. The fraction of sp³-hybridized carbons (Fsp3) is 0.444. The number of benzene rings is 2. The van der Waals surface area contributed by atoms with E-state index in [9.17, 15) is 14.4 Å². The molecular formula is C27H32N2O5. The third-order valence-electron chi connectivity index (χ3n) is 7.03. The number of carboxylic acid groups (broad SMARTS) is 1. The molecule has 1 fully saturated rings. The van der Waals surface area contributed by atoms with Crippen molar-refractivity contribution < 1.29 is 24.2 Å². The number of amides is 2. The number of fused-ring (bicyclic) bond motifs is 3. The first kappa shape index (κ1) is 23.8. The lowest BCUT2D eigenvalue weighted by Gasteiger charge is -2.22. The lowest BCUT2D eigenvalue weighted by molar-refractivity contribution is -0.137. The van der Waals surface area contributed by atoms with Crippen molar-refractivity contribution in [1.29, 1.82) is 0 Å². The number of rotatable bonds is 9. The summed E-state index contributed by atoms with van der Waals surface area (Å²) in [6.45, 7) is 2.11. The number of ether oxygens (including phenoxy) is 1. The second-order valence-corrected chi connectivity index (χ2v) is 9.24. The highest BCUT2D eigenvalue weighted by Gasteiger charge is 2.33. The van der Waals surface area contributed by atoms with Crippen LogP contribution in [0.15, 0.2) is 48.5 Å². The van der Waals surface area contributed by atoms with Crippen LogP contribution in [0.2, 0.25) is 0 Å². The average molecular weight is 465 g/mol. The number of aliphatic carboxylic acids is 1. The Bertz CT molecular complexity index is 1010. The third-order valence-corrected chi connectivity index (χ3v) is 7.03. The quantitative estimate of drug-likeness (QED) is 0.508. The molecule has 0 bridgehead atoms. The summed E-state index contributed by atoms with van der Waals surface area (Å²) in [5, 5.41) is 14.8. The first-order chi connectivity index (χ1) is 16.5. The van der Waals surface area contributed by atoms with E-state index in [2.05, 4.69) is 34.9 Å². The number of nitrogens with one attached hydrogen (secondary N) is 2. The molecule has 0 radical (unpaired) electrons. The fourth-order valence-corrected chi connectivity index (χ4v) is 5.30. The summed E-state index contributed by atoms with van der Waals surface area (Å²) in [7, 11) is 0. The van der Waals surface area contributed by atoms with Crippen LogP contribution in [0.5, 0.6) is 0 Å². The maximum atomic E-state index is 12.7. The van der Waals surface area contributed by atoms with Crippen LogP contribution in [-0.4, -0.2) is 41.8 Å². The van der Waals surface area contributed by atoms with Gasteiger partial charge in [0.05, 0.1) is 6.42 Å². The summed E-state index contributed by atoms with van der Waals surface area (Å²) < 4.78 is 5.66. The van der Waals surface area contributed by atoms with Gasteiger partial charge in [-0.3, -0.25) is 9.59 Å². The zero-order chi connectivity index (χ0) is 24.1. The number of hydrogen-bond donors (Lipinski definition) is 3. The number of carbonyl (C=O) groups is 3. The SMILES string of the molecule is CC[C@@H](CC(=O)O)NC(=O)CC1CCCC1NC(=O)OCC1c2ccccc2-c2ccccc21. The Labute approximate surface area is 199 Å². The Morgan fingerprint density at radius 1 is 1.03 bits per heavy atom. The second kappa shape index (κ2) is 10.7. The highest BCUT2D eigenvalue weighted by atomic mass is 16.5. The van der Waals surface area contributed by atoms with E-state index in [1.165, 1.54) is 22.3 Å². The average Bonchev–Trinajstić information content (AvgIpc) is 3.38. The van der Waals surface area contributed by atoms with Gasteiger partial charge >= 0.3 is 12.1 Å². The Morgan fingerprint density at radius 2 is 1.68 bits per heavy atom. The Hall–Kier alpha value is -3.35. The van der Waals surface area contributed by atoms with Crippen LogP contribution >= 0.6 is 0 Å². The van der Waals surface area contributed by atoms with E-state index in [4.69, 9.17) is 9.84 Å². The standard InChI is InChI=1S/C27H32N2O5/c1-2-18(15-26(31)32)28-25(30)14-17-8-7-13-24(17)29-27(33)34-16-23-21-11-5-3-9-19(21)20-10-4-6-12-22(20)23/h3-6,9-12,17-18,23-24H,2,7-8,13-16H2,1H3,(H,28,30)(H,29,33)(H,31,32)/t17?,18-,24?/m0/s1. The van der Waals surface area contributed by atoms with Crippen LogP contribution in [0.1, 0.15) is 62.5 Å². The molecule has 3 N–H and O–H groups in total. The first-order valence-electron chi connectivity index (χ1n) is 12.1. The Balaban J connectivity index is 1.31. The van der Waals surface area contributed by atoms with Gasteiger partial charge in [-0.15, -0.1) is 0 Å². The zero-order valence-electron chi connectivity index (χ0n) is 19.5. The van der Waals surface area contributed by atoms with E-state index < -0.39 is 12.1 Å². The topological polar surface area (TPSA) is 105 Å². The van der Waals surface area contributed by atoms with Crippen molar-refractivity contribution in [2.75, 3.05) is 6.61 Å². The van der Waals surface area contributed by atoms with E-state index in [1.54, 1.807) is 0 Å². The summed E-state index contributed by atoms with van der Waals surface area (Å²) in [4.78, 5) is 36.1. The number of carboxylic acids is 1. The molecule has 1 saturated carbocycles. The van der Waals surface area contributed by atoms with Gasteiger partial charge in [0, 0.05) is 24.4 Å². The molecule has 2 amide bonds. The molecule has 0 spiro atoms. The van der Waals surface area contributed by atoms with Gasteiger partial charge in [-0.05, 0) is 47.4 Å². The lowest BCUT2D eigenvalue weighted by Crippen LogP contribution is -2.42. The molecule has 7 nitrogen and oxygen atoms in total. The van der Waals surface area contributed by atoms with E-state index in [0.717, 1.165) is 19.3 Å².